The predicted octanol–water partition coefficient (Wildman–Crippen LogP) is 14.6. The Labute approximate surface area is 345 Å². The molecule has 2 aliphatic carbocycles. The van der Waals surface area contributed by atoms with Crippen molar-refractivity contribution in [2.45, 2.75) is 39.0 Å². The monoisotopic (exact) mass is 752 g/mol. The zero-order chi connectivity index (χ0) is 40.2. The molecule has 2 aliphatic rings. The lowest BCUT2D eigenvalue weighted by Crippen LogP contribution is -2.29. The highest BCUT2D eigenvalue weighted by atomic mass is 14.9. The van der Waals surface area contributed by atoms with Gasteiger partial charge in [-0.15, -0.1) is 0 Å². The van der Waals surface area contributed by atoms with E-state index in [-0.39, 0.29) is 0 Å². The topological polar surface area (TPSA) is 38.0 Å². The van der Waals surface area contributed by atoms with Crippen LogP contribution in [0.2, 0.25) is 0 Å². The highest BCUT2D eigenvalue weighted by Crippen LogP contribution is 2.59. The highest BCUT2D eigenvalue weighted by molar-refractivity contribution is 5.98. The van der Waals surface area contributed by atoms with E-state index >= 15 is 0 Å². The Kier molecular flexibility index (Phi) is 12.8. The fraction of sp³-hybridized carbons (Fsp3) is 0.107. The number of nitrogens with two attached hydrogens (primary N) is 1. The van der Waals surface area contributed by atoms with Crippen LogP contribution in [-0.2, 0) is 11.8 Å². The summed E-state index contributed by atoms with van der Waals surface area (Å²) < 4.78 is 0. The first-order valence-electron chi connectivity index (χ1n) is 20.4. The minimum atomic E-state index is -0.398. The molecule has 1 unspecified atom stereocenters. The summed E-state index contributed by atoms with van der Waals surface area (Å²) in [6.07, 6.45) is 15.3. The molecule has 7 aromatic carbocycles. The van der Waals surface area contributed by atoms with Gasteiger partial charge in [-0.3, -0.25) is 0 Å². The largest absolute Gasteiger partial charge is 0.399 e. The van der Waals surface area contributed by atoms with E-state index in [1.807, 2.05) is 32.0 Å². The fourth-order valence-corrected chi connectivity index (χ4v) is 8.24. The first kappa shape index (κ1) is 39.3. The van der Waals surface area contributed by atoms with Crippen LogP contribution in [0.5, 0.6) is 0 Å². The van der Waals surface area contributed by atoms with Crippen LogP contribution in [0.1, 0.15) is 66.1 Å². The number of allylic oxidation sites excluding steroid dienone is 7. The molecule has 0 bridgehead atoms. The van der Waals surface area contributed by atoms with Gasteiger partial charge in [-0.1, -0.05) is 196 Å². The lowest BCUT2D eigenvalue weighted by molar-refractivity contribution is 0.732. The summed E-state index contributed by atoms with van der Waals surface area (Å²) >= 11 is 0. The first-order chi connectivity index (χ1) is 28.6. The lowest BCUT2D eigenvalue weighted by atomic mass is 9.66. The Morgan fingerprint density at radius 2 is 1.26 bits per heavy atom. The number of rotatable bonds is 9. The summed E-state index contributed by atoms with van der Waals surface area (Å²) in [6, 6.07) is 64.3. The van der Waals surface area contributed by atoms with E-state index in [0.717, 1.165) is 46.6 Å². The molecule has 1 atom stereocenters. The van der Waals surface area contributed by atoms with Gasteiger partial charge in [0, 0.05) is 22.6 Å². The smallest absolute Gasteiger partial charge is 0.0680 e. The van der Waals surface area contributed by atoms with E-state index in [0.29, 0.717) is 0 Å². The van der Waals surface area contributed by atoms with E-state index in [1.165, 1.54) is 44.5 Å². The van der Waals surface area contributed by atoms with Crippen molar-refractivity contribution in [1.82, 2.24) is 0 Å². The Balaban J connectivity index is 0.000000288. The molecule has 0 spiro atoms. The second-order valence-electron chi connectivity index (χ2n) is 14.3. The lowest BCUT2D eigenvalue weighted by Gasteiger charge is -2.35. The summed E-state index contributed by atoms with van der Waals surface area (Å²) in [6.45, 7) is 6.08. The van der Waals surface area contributed by atoms with E-state index < -0.39 is 5.41 Å². The van der Waals surface area contributed by atoms with Crippen LogP contribution in [0.3, 0.4) is 0 Å². The maximum absolute atomic E-state index is 6.23. The second kappa shape index (κ2) is 18.8. The predicted molar refractivity (Wildman–Crippen MR) is 250 cm³/mol. The van der Waals surface area contributed by atoms with E-state index in [9.17, 15) is 0 Å². The summed E-state index contributed by atoms with van der Waals surface area (Å²) in [5, 5.41) is 3.78. The van der Waals surface area contributed by atoms with Crippen molar-refractivity contribution >= 4 is 28.7 Å². The average Bonchev–Trinajstić information content (AvgIpc) is 3.91. The van der Waals surface area contributed by atoms with Crippen molar-refractivity contribution in [2.24, 2.45) is 0 Å². The van der Waals surface area contributed by atoms with Crippen molar-refractivity contribution in [1.29, 1.82) is 0 Å². The van der Waals surface area contributed by atoms with Crippen molar-refractivity contribution in [3.63, 3.8) is 0 Å². The van der Waals surface area contributed by atoms with Crippen molar-refractivity contribution < 1.29 is 0 Å². The number of hydrogen-bond acceptors (Lipinski definition) is 2. The summed E-state index contributed by atoms with van der Waals surface area (Å²) in [5.41, 5.74) is 22.6. The highest BCUT2D eigenvalue weighted by Gasteiger charge is 2.47. The van der Waals surface area contributed by atoms with Gasteiger partial charge in [0.15, 0.2) is 0 Å². The number of anilines is 3. The van der Waals surface area contributed by atoms with E-state index in [2.05, 4.69) is 212 Å². The fourth-order valence-electron chi connectivity index (χ4n) is 8.24. The van der Waals surface area contributed by atoms with Crippen molar-refractivity contribution in [3.8, 4) is 11.1 Å². The third-order valence-electron chi connectivity index (χ3n) is 10.7. The normalized spacial score (nSPS) is 15.0. The maximum Gasteiger partial charge on any atom is 0.0680 e. The Hall–Kier alpha value is -6.90. The van der Waals surface area contributed by atoms with Gasteiger partial charge in [0.05, 0.1) is 5.41 Å². The minimum absolute atomic E-state index is 0.398. The third kappa shape index (κ3) is 8.43. The van der Waals surface area contributed by atoms with E-state index in [4.69, 9.17) is 5.73 Å². The molecule has 9 rings (SSSR count). The molecular formula is C56H52N2. The molecule has 0 aromatic heterocycles. The minimum Gasteiger partial charge on any atom is -0.399 e. The molecule has 0 radical (unpaired) electrons. The number of fused-ring (bicyclic) bond motifs is 3. The molecular weight excluding hydrogens is 701 g/mol. The molecule has 0 saturated carbocycles. The second-order valence-corrected chi connectivity index (χ2v) is 14.3. The number of nitrogen functional groups attached to an aromatic ring is 1. The molecule has 58 heavy (non-hydrogen) atoms. The number of nitrogens with one attached hydrogen (secondary N) is 1. The van der Waals surface area contributed by atoms with Crippen LogP contribution in [0, 0.1) is 0 Å². The van der Waals surface area contributed by atoms with Gasteiger partial charge in [-0.25, -0.2) is 0 Å². The van der Waals surface area contributed by atoms with Gasteiger partial charge in [0.1, 0.15) is 0 Å². The van der Waals surface area contributed by atoms with Gasteiger partial charge >= 0.3 is 0 Å². The average molecular weight is 753 g/mol. The van der Waals surface area contributed by atoms with Crippen molar-refractivity contribution in [3.05, 3.63) is 257 Å². The molecule has 0 aliphatic heterocycles. The third-order valence-corrected chi connectivity index (χ3v) is 10.7. The van der Waals surface area contributed by atoms with Crippen LogP contribution < -0.4 is 11.1 Å². The summed E-state index contributed by atoms with van der Waals surface area (Å²) in [4.78, 5) is 0. The molecule has 0 fully saturated rings. The Morgan fingerprint density at radius 3 is 1.88 bits per heavy atom. The molecule has 286 valence electrons. The van der Waals surface area contributed by atoms with Gasteiger partial charge in [0.25, 0.3) is 0 Å². The zero-order valence-corrected chi connectivity index (χ0v) is 33.8. The van der Waals surface area contributed by atoms with Crippen LogP contribution >= 0.6 is 0 Å². The van der Waals surface area contributed by atoms with Gasteiger partial charge in [0.2, 0.25) is 0 Å². The van der Waals surface area contributed by atoms with Gasteiger partial charge < -0.3 is 11.1 Å². The first-order valence-corrected chi connectivity index (χ1v) is 20.4. The van der Waals surface area contributed by atoms with Crippen LogP contribution in [0.25, 0.3) is 22.8 Å². The Bertz CT molecular complexity index is 2510. The van der Waals surface area contributed by atoms with Crippen LogP contribution in [0.15, 0.2) is 218 Å². The van der Waals surface area contributed by atoms with Gasteiger partial charge in [-0.05, 0) is 112 Å². The molecule has 0 saturated heterocycles. The summed E-state index contributed by atoms with van der Waals surface area (Å²) in [5.74, 6) is 0. The Morgan fingerprint density at radius 1 is 0.638 bits per heavy atom. The molecule has 2 heteroatoms. The molecule has 0 heterocycles. The standard InChI is InChI=1S/C41H34N2.C13H12.C2H6/c1-2-14-30(25-29-15-5-3-6-16-29)36-27-37-35-23-11-12-24-38(35)41(32-19-9-10-20-32,31-17-7-4-8-18-31)39(37)28-40(36)43-34-22-13-21-33(42)26-34;1-3-7-12(8-4-1)11-13-9-5-2-6-10-13;1-2/h2-19,21-28,43H,20,42H2,1H3;1-10H,11H2;1-2H3/b14-2-,30-25+;;. The van der Waals surface area contributed by atoms with Crippen LogP contribution in [-0.4, -0.2) is 0 Å². The maximum atomic E-state index is 6.23. The van der Waals surface area contributed by atoms with Crippen molar-refractivity contribution in [2.75, 3.05) is 11.1 Å². The molecule has 2 nitrogen and oxygen atoms in total. The van der Waals surface area contributed by atoms with Crippen LogP contribution in [0.4, 0.5) is 17.1 Å². The quantitative estimate of drug-likeness (QED) is 0.0875. The van der Waals surface area contributed by atoms with Gasteiger partial charge in [-0.2, -0.15) is 0 Å². The van der Waals surface area contributed by atoms with E-state index in [1.54, 1.807) is 0 Å². The number of benzene rings is 7. The summed E-state index contributed by atoms with van der Waals surface area (Å²) in [7, 11) is 0. The SMILES string of the molecule is C/C=C\C(=C/c1ccccc1)c1cc2c(cc1Nc1cccc(N)c1)C(C1=CC=CC1)(c1ccccc1)c1ccccc1-2.CC.c1ccc(Cc2ccccc2)cc1. The molecule has 0 amide bonds. The molecule has 7 aromatic rings. The zero-order valence-electron chi connectivity index (χ0n) is 33.8. The number of hydrogen-bond donors (Lipinski definition) is 2. The molecule has 3 N–H and O–H groups in total.